The largest absolute Gasteiger partial charge is 0.355 e. The van der Waals surface area contributed by atoms with Crippen LogP contribution in [0, 0.1) is 33.6 Å². The van der Waals surface area contributed by atoms with E-state index in [1.54, 1.807) is 13.0 Å². The molecular formula is C26H35N3O4S. The SMILES string of the molecule is Cc1cc(C)c(/C=C/c2onc(C)c2S(=O)(=O)N2CCCC(C(=O)NC3CCCC3)C2)c(C)c1. The van der Waals surface area contributed by atoms with Crippen molar-refractivity contribution in [1.82, 2.24) is 14.8 Å². The Morgan fingerprint density at radius 2 is 1.74 bits per heavy atom. The van der Waals surface area contributed by atoms with Crippen LogP contribution in [-0.2, 0) is 14.8 Å². The minimum Gasteiger partial charge on any atom is -0.355 e. The number of aromatic nitrogens is 1. The molecule has 1 aliphatic carbocycles. The van der Waals surface area contributed by atoms with Crippen LogP contribution in [-0.4, -0.2) is 42.9 Å². The maximum Gasteiger partial charge on any atom is 0.248 e. The average Bonchev–Trinajstić information content (AvgIpc) is 3.42. The first-order valence-electron chi connectivity index (χ1n) is 12.2. The van der Waals surface area contributed by atoms with Gasteiger partial charge in [-0.05, 0) is 76.1 Å². The molecule has 1 atom stereocenters. The molecule has 7 nitrogen and oxygen atoms in total. The van der Waals surface area contributed by atoms with Crippen LogP contribution in [0.15, 0.2) is 21.6 Å². The molecule has 2 fully saturated rings. The van der Waals surface area contributed by atoms with Crippen molar-refractivity contribution >= 4 is 28.1 Å². The molecule has 1 aliphatic heterocycles. The van der Waals surface area contributed by atoms with Crippen molar-refractivity contribution in [2.24, 2.45) is 5.92 Å². The van der Waals surface area contributed by atoms with Crippen LogP contribution < -0.4 is 5.32 Å². The quantitative estimate of drug-likeness (QED) is 0.649. The number of carbonyl (C=O) groups is 1. The minimum atomic E-state index is -3.86. The average molecular weight is 486 g/mol. The highest BCUT2D eigenvalue weighted by Crippen LogP contribution is 2.30. The predicted octanol–water partition coefficient (Wildman–Crippen LogP) is 4.54. The maximum absolute atomic E-state index is 13.7. The second-order valence-corrected chi connectivity index (χ2v) is 11.7. The standard InChI is InChI=1S/C26H35N3O4S/c1-17-14-18(2)23(19(3)15-17)11-12-24-25(20(4)28-33-24)34(31,32)29-13-7-8-21(16-29)26(30)27-22-9-5-6-10-22/h11-12,14-15,21-22H,5-10,13,16H2,1-4H3,(H,27,30)/b12-11+. The van der Waals surface area contributed by atoms with E-state index < -0.39 is 10.0 Å². The molecular weight excluding hydrogens is 450 g/mol. The highest BCUT2D eigenvalue weighted by Gasteiger charge is 2.37. The van der Waals surface area contributed by atoms with Crippen LogP contribution in [0.4, 0.5) is 0 Å². The molecule has 2 aromatic rings. The van der Waals surface area contributed by atoms with Crippen LogP contribution in [0.1, 0.15) is 72.2 Å². The Morgan fingerprint density at radius 1 is 1.06 bits per heavy atom. The Bertz CT molecular complexity index is 1170. The number of rotatable bonds is 6. The number of carbonyl (C=O) groups excluding carboxylic acids is 1. The molecule has 1 unspecified atom stereocenters. The van der Waals surface area contributed by atoms with Gasteiger partial charge in [-0.2, -0.15) is 4.31 Å². The van der Waals surface area contributed by atoms with Gasteiger partial charge in [-0.15, -0.1) is 0 Å². The van der Waals surface area contributed by atoms with Gasteiger partial charge < -0.3 is 9.84 Å². The summed E-state index contributed by atoms with van der Waals surface area (Å²) < 4.78 is 34.2. The molecule has 8 heteroatoms. The highest BCUT2D eigenvalue weighted by atomic mass is 32.2. The van der Waals surface area contributed by atoms with Gasteiger partial charge in [-0.1, -0.05) is 41.8 Å². The molecule has 1 aromatic heterocycles. The van der Waals surface area contributed by atoms with Crippen molar-refractivity contribution in [3.8, 4) is 0 Å². The number of nitrogens with one attached hydrogen (secondary N) is 1. The predicted molar refractivity (Wildman–Crippen MR) is 133 cm³/mol. The van der Waals surface area contributed by atoms with Gasteiger partial charge in [0.15, 0.2) is 10.7 Å². The molecule has 2 aliphatic rings. The first kappa shape index (κ1) is 24.7. The number of piperidine rings is 1. The van der Waals surface area contributed by atoms with Crippen LogP contribution in [0.2, 0.25) is 0 Å². The Labute approximate surface area is 202 Å². The highest BCUT2D eigenvalue weighted by molar-refractivity contribution is 7.89. The zero-order valence-electron chi connectivity index (χ0n) is 20.6. The summed E-state index contributed by atoms with van der Waals surface area (Å²) in [5.74, 6) is -0.144. The Morgan fingerprint density at radius 3 is 2.41 bits per heavy atom. The van der Waals surface area contributed by atoms with Gasteiger partial charge in [0.05, 0.1) is 5.92 Å². The van der Waals surface area contributed by atoms with E-state index in [-0.39, 0.29) is 35.1 Å². The van der Waals surface area contributed by atoms with E-state index in [1.807, 2.05) is 19.9 Å². The smallest absolute Gasteiger partial charge is 0.248 e. The van der Waals surface area contributed by atoms with Gasteiger partial charge in [0, 0.05) is 19.1 Å². The molecule has 0 radical (unpaired) electrons. The van der Waals surface area contributed by atoms with Crippen molar-refractivity contribution in [3.63, 3.8) is 0 Å². The summed E-state index contributed by atoms with van der Waals surface area (Å²) in [5.41, 5.74) is 4.77. The molecule has 0 bridgehead atoms. The summed E-state index contributed by atoms with van der Waals surface area (Å²) >= 11 is 0. The van der Waals surface area contributed by atoms with E-state index in [4.69, 9.17) is 4.52 Å². The van der Waals surface area contributed by atoms with Gasteiger partial charge in [0.25, 0.3) is 0 Å². The fourth-order valence-corrected chi connectivity index (χ4v) is 7.08. The summed E-state index contributed by atoms with van der Waals surface area (Å²) in [6.07, 6.45) is 9.22. The molecule has 1 aromatic carbocycles. The number of aryl methyl sites for hydroxylation is 4. The third-order valence-electron chi connectivity index (χ3n) is 7.03. The Balaban J connectivity index is 1.56. The second kappa shape index (κ2) is 10.0. The van der Waals surface area contributed by atoms with E-state index in [2.05, 4.69) is 29.5 Å². The van der Waals surface area contributed by atoms with Gasteiger partial charge in [0.2, 0.25) is 15.9 Å². The zero-order chi connectivity index (χ0) is 24.5. The van der Waals surface area contributed by atoms with Crippen molar-refractivity contribution in [2.75, 3.05) is 13.1 Å². The van der Waals surface area contributed by atoms with E-state index in [0.717, 1.165) is 42.4 Å². The summed E-state index contributed by atoms with van der Waals surface area (Å²) in [6, 6.07) is 4.42. The van der Waals surface area contributed by atoms with E-state index in [9.17, 15) is 13.2 Å². The molecule has 1 N–H and O–H groups in total. The Kier molecular flexibility index (Phi) is 7.28. The lowest BCUT2D eigenvalue weighted by Crippen LogP contribution is -2.47. The first-order chi connectivity index (χ1) is 16.2. The lowest BCUT2D eigenvalue weighted by molar-refractivity contribution is -0.126. The summed E-state index contributed by atoms with van der Waals surface area (Å²) in [6.45, 7) is 8.34. The van der Waals surface area contributed by atoms with E-state index >= 15 is 0 Å². The number of benzene rings is 1. The van der Waals surface area contributed by atoms with Crippen LogP contribution in [0.5, 0.6) is 0 Å². The van der Waals surface area contributed by atoms with Gasteiger partial charge in [0.1, 0.15) is 5.69 Å². The van der Waals surface area contributed by atoms with Crippen molar-refractivity contribution in [3.05, 3.63) is 45.8 Å². The van der Waals surface area contributed by atoms with Crippen LogP contribution >= 0.6 is 0 Å². The van der Waals surface area contributed by atoms with Crippen LogP contribution in [0.25, 0.3) is 12.2 Å². The van der Waals surface area contributed by atoms with Gasteiger partial charge >= 0.3 is 0 Å². The van der Waals surface area contributed by atoms with E-state index in [1.165, 1.54) is 9.87 Å². The van der Waals surface area contributed by atoms with Crippen molar-refractivity contribution < 1.29 is 17.7 Å². The number of sulfonamides is 1. The van der Waals surface area contributed by atoms with Gasteiger partial charge in [-0.3, -0.25) is 4.79 Å². The summed E-state index contributed by atoms with van der Waals surface area (Å²) in [4.78, 5) is 12.9. The summed E-state index contributed by atoms with van der Waals surface area (Å²) in [5, 5.41) is 7.09. The number of nitrogens with zero attached hydrogens (tertiary/aromatic N) is 2. The summed E-state index contributed by atoms with van der Waals surface area (Å²) in [7, 11) is -3.86. The fraction of sp³-hybridized carbons (Fsp3) is 0.538. The molecule has 1 amide bonds. The zero-order valence-corrected chi connectivity index (χ0v) is 21.4. The molecule has 2 heterocycles. The maximum atomic E-state index is 13.7. The number of amides is 1. The normalized spacial score (nSPS) is 20.3. The lowest BCUT2D eigenvalue weighted by atomic mass is 9.98. The Hall–Kier alpha value is -2.45. The fourth-order valence-electron chi connectivity index (χ4n) is 5.30. The monoisotopic (exact) mass is 485 g/mol. The number of hydrogen-bond acceptors (Lipinski definition) is 5. The lowest BCUT2D eigenvalue weighted by Gasteiger charge is -2.31. The van der Waals surface area contributed by atoms with Crippen molar-refractivity contribution in [2.45, 2.75) is 77.2 Å². The van der Waals surface area contributed by atoms with Gasteiger partial charge in [-0.25, -0.2) is 8.42 Å². The molecule has 1 saturated heterocycles. The van der Waals surface area contributed by atoms with Crippen LogP contribution in [0.3, 0.4) is 0 Å². The van der Waals surface area contributed by atoms with E-state index in [0.29, 0.717) is 25.1 Å². The molecule has 34 heavy (non-hydrogen) atoms. The third-order valence-corrected chi connectivity index (χ3v) is 9.05. The molecule has 4 rings (SSSR count). The first-order valence-corrected chi connectivity index (χ1v) is 13.6. The molecule has 0 spiro atoms. The number of hydrogen-bond donors (Lipinski definition) is 1. The third kappa shape index (κ3) is 5.13. The second-order valence-electron chi connectivity index (χ2n) is 9.80. The van der Waals surface area contributed by atoms with Crippen molar-refractivity contribution in [1.29, 1.82) is 0 Å². The molecule has 1 saturated carbocycles. The molecule has 184 valence electrons. The topological polar surface area (TPSA) is 92.5 Å². The minimum absolute atomic E-state index is 0.0284.